The van der Waals surface area contributed by atoms with Crippen LogP contribution in [-0.4, -0.2) is 43.3 Å². The van der Waals surface area contributed by atoms with Gasteiger partial charge in [-0.1, -0.05) is 60.7 Å². The summed E-state index contributed by atoms with van der Waals surface area (Å²) in [5.41, 5.74) is 5.73. The highest BCUT2D eigenvalue weighted by molar-refractivity contribution is 5.98. The van der Waals surface area contributed by atoms with Gasteiger partial charge in [0, 0.05) is 36.5 Å². The van der Waals surface area contributed by atoms with Crippen LogP contribution in [0.2, 0.25) is 0 Å². The van der Waals surface area contributed by atoms with Gasteiger partial charge in [-0.15, -0.1) is 0 Å². The lowest BCUT2D eigenvalue weighted by molar-refractivity contribution is 0.0713. The Morgan fingerprint density at radius 1 is 0.872 bits per heavy atom. The fraction of sp³-hybridized carbons (Fsp3) is 0.250. The first-order valence-electron chi connectivity index (χ1n) is 13.5. The Kier molecular flexibility index (Phi) is 6.57. The van der Waals surface area contributed by atoms with Crippen molar-refractivity contribution < 1.29 is 4.79 Å². The number of rotatable bonds is 5. The second-order valence-electron chi connectivity index (χ2n) is 10.4. The Morgan fingerprint density at radius 2 is 1.56 bits per heavy atom. The predicted octanol–water partition coefficient (Wildman–Crippen LogP) is 5.83. The number of fused-ring (bicyclic) bond motifs is 1. The van der Waals surface area contributed by atoms with Crippen LogP contribution in [0.3, 0.4) is 0 Å². The highest BCUT2D eigenvalue weighted by Gasteiger charge is 2.26. The van der Waals surface area contributed by atoms with Gasteiger partial charge in [0.25, 0.3) is 11.5 Å². The molecule has 7 heteroatoms. The Morgan fingerprint density at radius 3 is 2.26 bits per heavy atom. The van der Waals surface area contributed by atoms with Gasteiger partial charge in [-0.3, -0.25) is 9.59 Å². The molecule has 3 aromatic heterocycles. The number of aromatic nitrogens is 4. The molecule has 1 aliphatic rings. The smallest absolute Gasteiger partial charge is 0.267 e. The molecule has 0 spiro atoms. The summed E-state index contributed by atoms with van der Waals surface area (Å²) < 4.78 is 3.28. The lowest BCUT2D eigenvalue weighted by atomic mass is 9.89. The Hall–Kier alpha value is -4.52. The molecule has 1 saturated heterocycles. The van der Waals surface area contributed by atoms with Crippen molar-refractivity contribution in [1.82, 2.24) is 24.3 Å². The summed E-state index contributed by atoms with van der Waals surface area (Å²) in [6, 6.07) is 27.4. The normalized spacial score (nSPS) is 14.3. The molecule has 2 aromatic carbocycles. The van der Waals surface area contributed by atoms with E-state index in [2.05, 4.69) is 24.3 Å². The number of hydrogen-bond donors (Lipinski definition) is 0. The number of carbonyl (C=O) groups excluding carboxylic acids is 1. The average molecular weight is 518 g/mol. The third-order valence-electron chi connectivity index (χ3n) is 7.55. The summed E-state index contributed by atoms with van der Waals surface area (Å²) in [4.78, 5) is 28.1. The minimum absolute atomic E-state index is 0.0255. The zero-order valence-corrected chi connectivity index (χ0v) is 22.2. The summed E-state index contributed by atoms with van der Waals surface area (Å²) in [6.07, 6.45) is 3.75. The molecule has 1 fully saturated rings. The van der Waals surface area contributed by atoms with Crippen molar-refractivity contribution in [3.8, 4) is 22.5 Å². The number of amides is 1. The van der Waals surface area contributed by atoms with Crippen LogP contribution in [0.4, 0.5) is 0 Å². The number of benzene rings is 2. The highest BCUT2D eigenvalue weighted by atomic mass is 16.2. The lowest BCUT2D eigenvalue weighted by Crippen LogP contribution is -2.37. The van der Waals surface area contributed by atoms with Crippen LogP contribution in [0.25, 0.3) is 28.0 Å². The number of hydrogen-bond acceptors (Lipinski definition) is 4. The van der Waals surface area contributed by atoms with Gasteiger partial charge in [0.2, 0.25) is 0 Å². The SMILES string of the molecule is CC(C)n1nc(-c2c(-c3ccccc3)nn3ccc(C(=O)N4CCC(c5ccccc5)CC4)cc23)ccc1=O. The molecule has 7 nitrogen and oxygen atoms in total. The Balaban J connectivity index is 1.38. The zero-order chi connectivity index (χ0) is 26.9. The average Bonchev–Trinajstić information content (AvgIpc) is 3.37. The quantitative estimate of drug-likeness (QED) is 0.294. The predicted molar refractivity (Wildman–Crippen MR) is 153 cm³/mol. The number of nitrogens with zero attached hydrogens (tertiary/aromatic N) is 5. The van der Waals surface area contributed by atoms with E-state index in [1.807, 2.05) is 73.5 Å². The second kappa shape index (κ2) is 10.3. The van der Waals surface area contributed by atoms with Crippen LogP contribution in [0.15, 0.2) is 95.9 Å². The van der Waals surface area contributed by atoms with Gasteiger partial charge in [0.15, 0.2) is 0 Å². The minimum Gasteiger partial charge on any atom is -0.339 e. The molecule has 0 bridgehead atoms. The van der Waals surface area contributed by atoms with Crippen LogP contribution in [-0.2, 0) is 0 Å². The Labute approximate surface area is 227 Å². The number of piperidine rings is 1. The van der Waals surface area contributed by atoms with Crippen LogP contribution in [0.5, 0.6) is 0 Å². The molecule has 1 amide bonds. The van der Waals surface area contributed by atoms with Crippen LogP contribution in [0, 0.1) is 0 Å². The number of carbonyl (C=O) groups is 1. The number of pyridine rings is 1. The molecule has 196 valence electrons. The van der Waals surface area contributed by atoms with Crippen molar-refractivity contribution in [3.05, 3.63) is 113 Å². The van der Waals surface area contributed by atoms with Gasteiger partial charge in [-0.2, -0.15) is 10.2 Å². The van der Waals surface area contributed by atoms with Crippen LogP contribution < -0.4 is 5.56 Å². The van der Waals surface area contributed by atoms with Gasteiger partial charge in [-0.25, -0.2) is 9.20 Å². The second-order valence-corrected chi connectivity index (χ2v) is 10.4. The summed E-state index contributed by atoms with van der Waals surface area (Å²) in [5.74, 6) is 0.507. The molecule has 1 aliphatic heterocycles. The fourth-order valence-corrected chi connectivity index (χ4v) is 5.48. The first-order chi connectivity index (χ1) is 19.0. The van der Waals surface area contributed by atoms with Crippen molar-refractivity contribution in [2.45, 2.75) is 38.6 Å². The van der Waals surface area contributed by atoms with E-state index < -0.39 is 0 Å². The van der Waals surface area contributed by atoms with Crippen LogP contribution >= 0.6 is 0 Å². The molecule has 4 heterocycles. The molecule has 5 aromatic rings. The monoisotopic (exact) mass is 517 g/mol. The van der Waals surface area contributed by atoms with E-state index in [4.69, 9.17) is 10.2 Å². The summed E-state index contributed by atoms with van der Waals surface area (Å²) in [5, 5.41) is 9.58. The van der Waals surface area contributed by atoms with E-state index in [0.717, 1.165) is 48.3 Å². The van der Waals surface area contributed by atoms with Gasteiger partial charge in [0.05, 0.1) is 22.8 Å². The topological polar surface area (TPSA) is 72.5 Å². The molecule has 39 heavy (non-hydrogen) atoms. The van der Waals surface area contributed by atoms with E-state index in [1.165, 1.54) is 10.2 Å². The van der Waals surface area contributed by atoms with E-state index >= 15 is 0 Å². The van der Waals surface area contributed by atoms with E-state index in [0.29, 0.717) is 17.2 Å². The minimum atomic E-state index is -0.152. The molecule has 0 saturated carbocycles. The van der Waals surface area contributed by atoms with Gasteiger partial charge >= 0.3 is 0 Å². The summed E-state index contributed by atoms with van der Waals surface area (Å²) in [7, 11) is 0. The van der Waals surface area contributed by atoms with Crippen molar-refractivity contribution in [1.29, 1.82) is 0 Å². The molecule has 0 unspecified atom stereocenters. The molecule has 6 rings (SSSR count). The van der Waals surface area contributed by atoms with E-state index in [1.54, 1.807) is 16.6 Å². The Bertz CT molecular complexity index is 1680. The maximum absolute atomic E-state index is 13.6. The maximum Gasteiger partial charge on any atom is 0.267 e. The first-order valence-corrected chi connectivity index (χ1v) is 13.5. The fourth-order valence-electron chi connectivity index (χ4n) is 5.48. The van der Waals surface area contributed by atoms with Crippen LogP contribution in [0.1, 0.15) is 54.6 Å². The third kappa shape index (κ3) is 4.76. The lowest BCUT2D eigenvalue weighted by Gasteiger charge is -2.32. The van der Waals surface area contributed by atoms with Gasteiger partial charge in [0.1, 0.15) is 5.69 Å². The van der Waals surface area contributed by atoms with Crippen molar-refractivity contribution in [2.75, 3.05) is 13.1 Å². The molecular formula is C32H31N5O2. The highest BCUT2D eigenvalue weighted by Crippen LogP contribution is 2.35. The first kappa shape index (κ1) is 24.8. The van der Waals surface area contributed by atoms with Gasteiger partial charge in [-0.05, 0) is 56.4 Å². The molecule has 0 N–H and O–H groups in total. The molecular weight excluding hydrogens is 486 g/mol. The maximum atomic E-state index is 13.6. The molecule has 0 aliphatic carbocycles. The van der Waals surface area contributed by atoms with E-state index in [9.17, 15) is 9.59 Å². The third-order valence-corrected chi connectivity index (χ3v) is 7.55. The zero-order valence-electron chi connectivity index (χ0n) is 22.2. The molecule has 0 atom stereocenters. The van der Waals surface area contributed by atoms with E-state index in [-0.39, 0.29) is 17.5 Å². The van der Waals surface area contributed by atoms with Crippen molar-refractivity contribution in [3.63, 3.8) is 0 Å². The largest absolute Gasteiger partial charge is 0.339 e. The van der Waals surface area contributed by atoms with Crippen molar-refractivity contribution >= 4 is 11.4 Å². The summed E-state index contributed by atoms with van der Waals surface area (Å²) >= 11 is 0. The standard InChI is InChI=1S/C32H31N5O2/c1-22(2)37-29(38)14-13-27(33-37)30-28-21-26(17-20-36(28)34-31(30)25-11-7-4-8-12-25)32(39)35-18-15-24(16-19-35)23-9-5-3-6-10-23/h3-14,17,20-22,24H,15-16,18-19H2,1-2H3. The number of likely N-dealkylation sites (tertiary alicyclic amines) is 1. The van der Waals surface area contributed by atoms with Gasteiger partial charge < -0.3 is 4.90 Å². The summed E-state index contributed by atoms with van der Waals surface area (Å²) in [6.45, 7) is 5.33. The van der Waals surface area contributed by atoms with Crippen molar-refractivity contribution in [2.24, 2.45) is 0 Å². The molecule has 0 radical (unpaired) electrons.